The standard InChI is InChI=1S/C13H20N2OS/c1-10(12-5-3-7-17-12)15-13(16)8-11-4-2-6-14-9-11/h3,5,7,10-11,14H,2,4,6,8-9H2,1H3,(H,15,16)/t10-,11?/m0/s1. The molecule has 0 aromatic carbocycles. The zero-order valence-electron chi connectivity index (χ0n) is 10.2. The summed E-state index contributed by atoms with van der Waals surface area (Å²) in [7, 11) is 0. The van der Waals surface area contributed by atoms with Crippen molar-refractivity contribution in [3.8, 4) is 0 Å². The number of rotatable bonds is 4. The van der Waals surface area contributed by atoms with Crippen LogP contribution >= 0.6 is 11.3 Å². The van der Waals surface area contributed by atoms with Gasteiger partial charge in [-0.2, -0.15) is 0 Å². The fourth-order valence-electron chi connectivity index (χ4n) is 2.27. The second-order valence-electron chi connectivity index (χ2n) is 4.72. The summed E-state index contributed by atoms with van der Waals surface area (Å²) in [6.07, 6.45) is 3.02. The summed E-state index contributed by atoms with van der Waals surface area (Å²) in [5, 5.41) is 8.46. The molecule has 2 rings (SSSR count). The van der Waals surface area contributed by atoms with Crippen molar-refractivity contribution in [1.29, 1.82) is 0 Å². The highest BCUT2D eigenvalue weighted by Gasteiger charge is 2.18. The molecule has 1 aliphatic heterocycles. The minimum atomic E-state index is 0.138. The van der Waals surface area contributed by atoms with Crippen molar-refractivity contribution >= 4 is 17.2 Å². The molecule has 17 heavy (non-hydrogen) atoms. The Balaban J connectivity index is 1.76. The Labute approximate surface area is 107 Å². The van der Waals surface area contributed by atoms with Crippen molar-refractivity contribution in [3.05, 3.63) is 22.4 Å². The van der Waals surface area contributed by atoms with E-state index in [-0.39, 0.29) is 11.9 Å². The summed E-state index contributed by atoms with van der Waals surface area (Å²) in [5.74, 6) is 0.693. The van der Waals surface area contributed by atoms with Crippen molar-refractivity contribution < 1.29 is 4.79 Å². The van der Waals surface area contributed by atoms with Crippen LogP contribution in [0.5, 0.6) is 0 Å². The summed E-state index contributed by atoms with van der Waals surface area (Å²) in [4.78, 5) is 13.1. The Morgan fingerprint density at radius 1 is 1.71 bits per heavy atom. The highest BCUT2D eigenvalue weighted by Crippen LogP contribution is 2.19. The monoisotopic (exact) mass is 252 g/mol. The van der Waals surface area contributed by atoms with Gasteiger partial charge < -0.3 is 10.6 Å². The predicted molar refractivity (Wildman–Crippen MR) is 71.1 cm³/mol. The average Bonchev–Trinajstić information content (AvgIpc) is 2.83. The Morgan fingerprint density at radius 2 is 2.59 bits per heavy atom. The van der Waals surface area contributed by atoms with Gasteiger partial charge in [0.2, 0.25) is 5.91 Å². The molecule has 1 fully saturated rings. The lowest BCUT2D eigenvalue weighted by Gasteiger charge is -2.23. The van der Waals surface area contributed by atoms with Gasteiger partial charge in [0.05, 0.1) is 6.04 Å². The van der Waals surface area contributed by atoms with Crippen molar-refractivity contribution in [2.24, 2.45) is 5.92 Å². The van der Waals surface area contributed by atoms with Crippen molar-refractivity contribution in [2.75, 3.05) is 13.1 Å². The lowest BCUT2D eigenvalue weighted by Crippen LogP contribution is -2.34. The van der Waals surface area contributed by atoms with Crippen LogP contribution in [0.4, 0.5) is 0 Å². The topological polar surface area (TPSA) is 41.1 Å². The van der Waals surface area contributed by atoms with E-state index in [2.05, 4.69) is 16.7 Å². The molecular weight excluding hydrogens is 232 g/mol. The maximum Gasteiger partial charge on any atom is 0.220 e. The van der Waals surface area contributed by atoms with E-state index in [1.165, 1.54) is 17.7 Å². The maximum atomic E-state index is 11.9. The molecule has 1 aromatic rings. The van der Waals surface area contributed by atoms with Gasteiger partial charge in [-0.05, 0) is 50.2 Å². The van der Waals surface area contributed by atoms with Crippen LogP contribution in [0.15, 0.2) is 17.5 Å². The molecule has 4 heteroatoms. The first-order valence-electron chi connectivity index (χ1n) is 6.29. The third-order valence-corrected chi connectivity index (χ3v) is 4.28. The average molecular weight is 252 g/mol. The van der Waals surface area contributed by atoms with Crippen LogP contribution in [0.3, 0.4) is 0 Å². The number of hydrogen-bond donors (Lipinski definition) is 2. The van der Waals surface area contributed by atoms with Gasteiger partial charge in [0, 0.05) is 11.3 Å². The molecular formula is C13H20N2OS. The number of thiophene rings is 1. The number of nitrogens with one attached hydrogen (secondary N) is 2. The first-order chi connectivity index (χ1) is 8.25. The van der Waals surface area contributed by atoms with Gasteiger partial charge in [0.15, 0.2) is 0 Å². The van der Waals surface area contributed by atoms with Gasteiger partial charge in [0.25, 0.3) is 0 Å². The fourth-order valence-corrected chi connectivity index (χ4v) is 3.00. The van der Waals surface area contributed by atoms with Crippen molar-refractivity contribution in [1.82, 2.24) is 10.6 Å². The van der Waals surface area contributed by atoms with Crippen LogP contribution < -0.4 is 10.6 Å². The van der Waals surface area contributed by atoms with Crippen LogP contribution in [0.25, 0.3) is 0 Å². The van der Waals surface area contributed by atoms with E-state index < -0.39 is 0 Å². The Kier molecular flexibility index (Phi) is 4.57. The molecule has 3 nitrogen and oxygen atoms in total. The van der Waals surface area contributed by atoms with E-state index in [1.54, 1.807) is 11.3 Å². The molecule has 0 saturated carbocycles. The highest BCUT2D eigenvalue weighted by molar-refractivity contribution is 7.10. The van der Waals surface area contributed by atoms with E-state index in [0.717, 1.165) is 13.1 Å². The molecule has 0 aliphatic carbocycles. The molecule has 0 bridgehead atoms. The summed E-state index contributed by atoms with van der Waals surface area (Å²) < 4.78 is 0. The molecule has 2 heterocycles. The van der Waals surface area contributed by atoms with Crippen molar-refractivity contribution in [2.45, 2.75) is 32.2 Å². The number of piperidine rings is 1. The quantitative estimate of drug-likeness (QED) is 0.863. The number of hydrogen-bond acceptors (Lipinski definition) is 3. The smallest absolute Gasteiger partial charge is 0.220 e. The Bertz CT molecular complexity index is 344. The number of amides is 1. The van der Waals surface area contributed by atoms with Gasteiger partial charge in [-0.1, -0.05) is 6.07 Å². The largest absolute Gasteiger partial charge is 0.349 e. The summed E-state index contributed by atoms with van der Waals surface area (Å²) in [6.45, 7) is 4.13. The molecule has 1 aliphatic rings. The zero-order chi connectivity index (χ0) is 12.1. The predicted octanol–water partition coefficient (Wildman–Crippen LogP) is 2.32. The zero-order valence-corrected chi connectivity index (χ0v) is 11.1. The van der Waals surface area contributed by atoms with E-state index >= 15 is 0 Å². The summed E-state index contributed by atoms with van der Waals surface area (Å²) >= 11 is 1.69. The van der Waals surface area contributed by atoms with E-state index in [1.807, 2.05) is 18.4 Å². The minimum absolute atomic E-state index is 0.138. The van der Waals surface area contributed by atoms with E-state index in [0.29, 0.717) is 12.3 Å². The van der Waals surface area contributed by atoms with Gasteiger partial charge in [-0.25, -0.2) is 0 Å². The summed E-state index contributed by atoms with van der Waals surface area (Å²) in [6, 6.07) is 4.23. The normalized spacial score (nSPS) is 22.1. The molecule has 94 valence electrons. The minimum Gasteiger partial charge on any atom is -0.349 e. The maximum absolute atomic E-state index is 11.9. The molecule has 1 saturated heterocycles. The third kappa shape index (κ3) is 3.82. The third-order valence-electron chi connectivity index (χ3n) is 3.22. The highest BCUT2D eigenvalue weighted by atomic mass is 32.1. The van der Waals surface area contributed by atoms with E-state index in [9.17, 15) is 4.79 Å². The second kappa shape index (κ2) is 6.17. The SMILES string of the molecule is C[C@H](NC(=O)CC1CCCNC1)c1cccs1. The van der Waals surface area contributed by atoms with Crippen LogP contribution in [-0.4, -0.2) is 19.0 Å². The first kappa shape index (κ1) is 12.6. The Hall–Kier alpha value is -0.870. The van der Waals surface area contributed by atoms with Gasteiger partial charge >= 0.3 is 0 Å². The molecule has 2 N–H and O–H groups in total. The second-order valence-corrected chi connectivity index (χ2v) is 5.70. The summed E-state index contributed by atoms with van der Waals surface area (Å²) in [5.41, 5.74) is 0. The number of carbonyl (C=O) groups is 1. The lowest BCUT2D eigenvalue weighted by atomic mass is 9.96. The molecule has 2 atom stereocenters. The van der Waals surface area contributed by atoms with Crippen LogP contribution in [-0.2, 0) is 4.79 Å². The van der Waals surface area contributed by atoms with Crippen LogP contribution in [0.2, 0.25) is 0 Å². The molecule has 0 radical (unpaired) electrons. The molecule has 0 spiro atoms. The Morgan fingerprint density at radius 3 is 3.24 bits per heavy atom. The lowest BCUT2D eigenvalue weighted by molar-refractivity contribution is -0.122. The number of carbonyl (C=O) groups excluding carboxylic acids is 1. The van der Waals surface area contributed by atoms with Gasteiger partial charge in [-0.3, -0.25) is 4.79 Å². The molecule has 1 unspecified atom stereocenters. The molecule has 1 aromatic heterocycles. The van der Waals surface area contributed by atoms with Gasteiger partial charge in [0.1, 0.15) is 0 Å². The van der Waals surface area contributed by atoms with E-state index in [4.69, 9.17) is 0 Å². The first-order valence-corrected chi connectivity index (χ1v) is 7.17. The fraction of sp³-hybridized carbons (Fsp3) is 0.615. The van der Waals surface area contributed by atoms with Crippen LogP contribution in [0.1, 0.15) is 37.1 Å². The van der Waals surface area contributed by atoms with Crippen molar-refractivity contribution in [3.63, 3.8) is 0 Å². The van der Waals surface area contributed by atoms with Gasteiger partial charge in [-0.15, -0.1) is 11.3 Å². The van der Waals surface area contributed by atoms with Crippen LogP contribution in [0, 0.1) is 5.92 Å². The molecule has 1 amide bonds.